The van der Waals surface area contributed by atoms with Crippen LogP contribution in [0.3, 0.4) is 0 Å². The Morgan fingerprint density at radius 1 is 1.24 bits per heavy atom. The van der Waals surface area contributed by atoms with Crippen LogP contribution in [0.4, 0.5) is 0 Å². The molecule has 0 aliphatic rings. The second-order valence-corrected chi connectivity index (χ2v) is 11.8. The predicted octanol–water partition coefficient (Wildman–Crippen LogP) is 5.79. The maximum Gasteiger partial charge on any atom is 0.250 e. The summed E-state index contributed by atoms with van der Waals surface area (Å²) in [4.78, 5) is 0. The molecule has 0 N–H and O–H groups in total. The molecular formula is C13H20BrClOSi. The fourth-order valence-electron chi connectivity index (χ4n) is 1.13. The summed E-state index contributed by atoms with van der Waals surface area (Å²) >= 11 is 9.84. The molecule has 0 heterocycles. The van der Waals surface area contributed by atoms with E-state index in [-0.39, 0.29) is 5.04 Å². The average molecular weight is 336 g/mol. The van der Waals surface area contributed by atoms with E-state index in [0.717, 1.165) is 15.8 Å². The van der Waals surface area contributed by atoms with Gasteiger partial charge in [-0.1, -0.05) is 38.4 Å². The van der Waals surface area contributed by atoms with Crippen molar-refractivity contribution in [3.05, 3.63) is 27.2 Å². The zero-order valence-electron chi connectivity index (χ0n) is 11.3. The quantitative estimate of drug-likeness (QED) is 0.621. The minimum Gasteiger partial charge on any atom is -0.542 e. The smallest absolute Gasteiger partial charge is 0.250 e. The average Bonchev–Trinajstić information content (AvgIpc) is 2.17. The molecule has 4 heteroatoms. The first-order valence-corrected chi connectivity index (χ1v) is 9.78. The molecule has 0 bridgehead atoms. The normalized spacial score (nSPS) is 12.7. The van der Waals surface area contributed by atoms with Crippen molar-refractivity contribution in [3.63, 3.8) is 0 Å². The summed E-state index contributed by atoms with van der Waals surface area (Å²) < 4.78 is 7.20. The molecule has 0 amide bonds. The lowest BCUT2D eigenvalue weighted by molar-refractivity contribution is 0.489. The van der Waals surface area contributed by atoms with Gasteiger partial charge >= 0.3 is 0 Å². The Bertz CT molecular complexity index is 424. The van der Waals surface area contributed by atoms with E-state index in [4.69, 9.17) is 16.0 Å². The van der Waals surface area contributed by atoms with Crippen molar-refractivity contribution in [2.75, 3.05) is 0 Å². The van der Waals surface area contributed by atoms with Crippen LogP contribution in [0.15, 0.2) is 16.6 Å². The summed E-state index contributed by atoms with van der Waals surface area (Å²) in [5.41, 5.74) is 1.04. The molecule has 0 spiro atoms. The van der Waals surface area contributed by atoms with E-state index in [2.05, 4.69) is 49.8 Å². The second kappa shape index (κ2) is 4.94. The Hall–Kier alpha value is 0.00688. The van der Waals surface area contributed by atoms with Gasteiger partial charge in [0.1, 0.15) is 5.75 Å². The van der Waals surface area contributed by atoms with Gasteiger partial charge in [-0.3, -0.25) is 0 Å². The number of benzene rings is 1. The van der Waals surface area contributed by atoms with Crippen molar-refractivity contribution in [1.82, 2.24) is 0 Å². The number of hydrogen-bond donors (Lipinski definition) is 0. The minimum absolute atomic E-state index is 0.166. The van der Waals surface area contributed by atoms with Crippen molar-refractivity contribution in [3.8, 4) is 5.75 Å². The monoisotopic (exact) mass is 334 g/mol. The molecule has 1 rings (SSSR count). The Kier molecular flexibility index (Phi) is 4.38. The first-order chi connectivity index (χ1) is 7.56. The van der Waals surface area contributed by atoms with E-state index in [1.165, 1.54) is 0 Å². The molecule has 1 aromatic rings. The molecule has 0 aliphatic carbocycles. The van der Waals surface area contributed by atoms with Gasteiger partial charge in [0.15, 0.2) is 0 Å². The lowest BCUT2D eigenvalue weighted by Crippen LogP contribution is -2.44. The lowest BCUT2D eigenvalue weighted by Gasteiger charge is -2.37. The third kappa shape index (κ3) is 3.27. The topological polar surface area (TPSA) is 9.23 Å². The van der Waals surface area contributed by atoms with Crippen molar-refractivity contribution in [2.24, 2.45) is 0 Å². The molecule has 0 atom stereocenters. The Balaban J connectivity index is 3.16. The molecule has 1 nitrogen and oxygen atoms in total. The van der Waals surface area contributed by atoms with Crippen molar-refractivity contribution < 1.29 is 4.43 Å². The minimum atomic E-state index is -1.85. The Labute approximate surface area is 119 Å². The molecule has 0 aromatic heterocycles. The molecule has 0 unspecified atom stereocenters. The van der Waals surface area contributed by atoms with Crippen molar-refractivity contribution in [1.29, 1.82) is 0 Å². The number of aryl methyl sites for hydroxylation is 1. The molecule has 17 heavy (non-hydrogen) atoms. The van der Waals surface area contributed by atoms with Crippen LogP contribution in [0.1, 0.15) is 26.3 Å². The summed E-state index contributed by atoms with van der Waals surface area (Å²) in [5, 5.41) is 0.878. The molecule has 0 aliphatic heterocycles. The highest BCUT2D eigenvalue weighted by Gasteiger charge is 2.39. The largest absolute Gasteiger partial charge is 0.542 e. The first-order valence-electron chi connectivity index (χ1n) is 5.70. The molecule has 1 aromatic carbocycles. The first kappa shape index (κ1) is 15.1. The third-order valence-corrected chi connectivity index (χ3v) is 8.83. The van der Waals surface area contributed by atoms with E-state index in [9.17, 15) is 0 Å². The van der Waals surface area contributed by atoms with Crippen LogP contribution in [-0.4, -0.2) is 8.32 Å². The van der Waals surface area contributed by atoms with Crippen LogP contribution < -0.4 is 4.43 Å². The SMILES string of the molecule is Cc1ccc(Br)c(O[Si](C)(C)C(C)(C)C)c1Cl. The molecule has 0 fully saturated rings. The van der Waals surface area contributed by atoms with Gasteiger partial charge in [-0.15, -0.1) is 0 Å². The zero-order chi connectivity index (χ0) is 13.4. The highest BCUT2D eigenvalue weighted by atomic mass is 79.9. The van der Waals surface area contributed by atoms with Gasteiger partial charge in [-0.25, -0.2) is 0 Å². The van der Waals surface area contributed by atoms with Crippen LogP contribution in [0.5, 0.6) is 5.75 Å². The summed E-state index contributed by atoms with van der Waals surface area (Å²) in [6.45, 7) is 13.1. The highest BCUT2D eigenvalue weighted by Crippen LogP contribution is 2.42. The number of hydrogen-bond acceptors (Lipinski definition) is 1. The Morgan fingerprint density at radius 2 is 1.76 bits per heavy atom. The van der Waals surface area contributed by atoms with Gasteiger partial charge in [0.25, 0.3) is 8.32 Å². The van der Waals surface area contributed by atoms with Crippen LogP contribution in [0.25, 0.3) is 0 Å². The number of halogens is 2. The van der Waals surface area contributed by atoms with E-state index in [1.807, 2.05) is 19.1 Å². The second-order valence-electron chi connectivity index (χ2n) is 5.87. The molecule has 0 saturated heterocycles. The predicted molar refractivity (Wildman–Crippen MR) is 81.7 cm³/mol. The van der Waals surface area contributed by atoms with E-state index >= 15 is 0 Å². The summed E-state index contributed by atoms with van der Waals surface area (Å²) in [6.07, 6.45) is 0. The number of rotatable bonds is 2. The van der Waals surface area contributed by atoms with E-state index in [1.54, 1.807) is 0 Å². The van der Waals surface area contributed by atoms with Gasteiger partial charge in [-0.2, -0.15) is 0 Å². The Morgan fingerprint density at radius 3 is 2.24 bits per heavy atom. The summed E-state index contributed by atoms with van der Waals surface area (Å²) in [7, 11) is -1.85. The van der Waals surface area contributed by atoms with Gasteiger partial charge in [0.2, 0.25) is 0 Å². The molecule has 0 radical (unpaired) electrons. The van der Waals surface area contributed by atoms with Crippen molar-refractivity contribution in [2.45, 2.75) is 45.8 Å². The summed E-state index contributed by atoms with van der Waals surface area (Å²) in [6, 6.07) is 3.98. The fraction of sp³-hybridized carbons (Fsp3) is 0.538. The fourth-order valence-corrected chi connectivity index (χ4v) is 3.10. The molecule has 0 saturated carbocycles. The maximum atomic E-state index is 6.32. The van der Waals surface area contributed by atoms with Crippen molar-refractivity contribution >= 4 is 35.8 Å². The summed E-state index contributed by atoms with van der Waals surface area (Å²) in [5.74, 6) is 0.790. The van der Waals surface area contributed by atoms with E-state index in [0.29, 0.717) is 5.02 Å². The van der Waals surface area contributed by atoms with Gasteiger partial charge in [-0.05, 0) is 52.6 Å². The van der Waals surface area contributed by atoms with Gasteiger partial charge in [0.05, 0.1) is 9.50 Å². The van der Waals surface area contributed by atoms with Crippen LogP contribution in [0, 0.1) is 6.92 Å². The highest BCUT2D eigenvalue weighted by molar-refractivity contribution is 9.10. The maximum absolute atomic E-state index is 6.32. The van der Waals surface area contributed by atoms with E-state index < -0.39 is 8.32 Å². The van der Waals surface area contributed by atoms with Crippen LogP contribution >= 0.6 is 27.5 Å². The zero-order valence-corrected chi connectivity index (χ0v) is 14.7. The third-order valence-electron chi connectivity index (χ3n) is 3.41. The van der Waals surface area contributed by atoms with Gasteiger partial charge < -0.3 is 4.43 Å². The van der Waals surface area contributed by atoms with Crippen LogP contribution in [-0.2, 0) is 0 Å². The van der Waals surface area contributed by atoms with Gasteiger partial charge in [0, 0.05) is 0 Å². The molecule has 96 valence electrons. The van der Waals surface area contributed by atoms with Crippen LogP contribution in [0.2, 0.25) is 23.2 Å². The molecular weight excluding hydrogens is 316 g/mol. The standard InChI is InChI=1S/C13H20BrClOSi/c1-9-7-8-10(14)12(11(9)15)16-17(5,6)13(2,3)4/h7-8H,1-6H3. The lowest BCUT2D eigenvalue weighted by atomic mass is 10.2.